The summed E-state index contributed by atoms with van der Waals surface area (Å²) in [6.45, 7) is 1.03. The lowest BCUT2D eigenvalue weighted by Crippen LogP contribution is -2.15. The highest BCUT2D eigenvalue weighted by molar-refractivity contribution is 5.79. The maximum absolute atomic E-state index is 13.4. The topological polar surface area (TPSA) is 35.5 Å². The van der Waals surface area contributed by atoms with Gasteiger partial charge in [0.05, 0.1) is 0 Å². The Labute approximate surface area is 109 Å². The van der Waals surface area contributed by atoms with E-state index in [4.69, 9.17) is 9.47 Å². The van der Waals surface area contributed by atoms with Gasteiger partial charge in [0.1, 0.15) is 25.3 Å². The number of carbonyl (C=O) groups excluding carboxylic acids is 1. The minimum atomic E-state index is -0.436. The van der Waals surface area contributed by atoms with E-state index in [0.717, 1.165) is 5.56 Å². The van der Waals surface area contributed by atoms with Gasteiger partial charge in [0.15, 0.2) is 11.5 Å². The van der Waals surface area contributed by atoms with E-state index in [9.17, 15) is 9.18 Å². The van der Waals surface area contributed by atoms with E-state index in [2.05, 4.69) is 0 Å². The number of ether oxygens (including phenoxy) is 2. The summed E-state index contributed by atoms with van der Waals surface area (Å²) in [4.78, 5) is 10.8. The van der Waals surface area contributed by atoms with Crippen LogP contribution in [-0.2, 0) is 0 Å². The fraction of sp³-hybridized carbons (Fsp3) is 0.133. The fourth-order valence-electron chi connectivity index (χ4n) is 2.07. The van der Waals surface area contributed by atoms with E-state index in [1.165, 1.54) is 12.1 Å². The molecule has 0 spiro atoms. The van der Waals surface area contributed by atoms with Crippen molar-refractivity contribution in [2.24, 2.45) is 0 Å². The van der Waals surface area contributed by atoms with E-state index in [0.29, 0.717) is 42.1 Å². The lowest BCUT2D eigenvalue weighted by atomic mass is 10.0. The SMILES string of the molecule is O=Cc1cc(F)cc(-c2ccc3c(c2)OCCO3)c1. The van der Waals surface area contributed by atoms with Gasteiger partial charge >= 0.3 is 0 Å². The first-order valence-electron chi connectivity index (χ1n) is 5.92. The second kappa shape index (κ2) is 4.72. The van der Waals surface area contributed by atoms with Crippen LogP contribution in [0.25, 0.3) is 11.1 Å². The molecule has 3 nitrogen and oxygen atoms in total. The maximum Gasteiger partial charge on any atom is 0.161 e. The number of benzene rings is 2. The van der Waals surface area contributed by atoms with Gasteiger partial charge in [-0.1, -0.05) is 6.07 Å². The fourth-order valence-corrected chi connectivity index (χ4v) is 2.07. The predicted octanol–water partition coefficient (Wildman–Crippen LogP) is 3.08. The molecule has 1 aliphatic heterocycles. The largest absolute Gasteiger partial charge is 0.486 e. The minimum absolute atomic E-state index is 0.310. The van der Waals surface area contributed by atoms with Crippen LogP contribution in [0, 0.1) is 5.82 Å². The smallest absolute Gasteiger partial charge is 0.161 e. The molecule has 3 rings (SSSR count). The Morgan fingerprint density at radius 2 is 1.74 bits per heavy atom. The molecule has 0 radical (unpaired) electrons. The molecule has 96 valence electrons. The van der Waals surface area contributed by atoms with Gasteiger partial charge in [0.25, 0.3) is 0 Å². The molecule has 0 aliphatic carbocycles. The molecule has 2 aromatic carbocycles. The quantitative estimate of drug-likeness (QED) is 0.776. The number of aldehydes is 1. The summed E-state index contributed by atoms with van der Waals surface area (Å²) in [5, 5.41) is 0. The van der Waals surface area contributed by atoms with Crippen LogP contribution in [0.4, 0.5) is 4.39 Å². The van der Waals surface area contributed by atoms with Gasteiger partial charge in [0, 0.05) is 5.56 Å². The van der Waals surface area contributed by atoms with Crippen molar-refractivity contribution >= 4 is 6.29 Å². The molecule has 4 heteroatoms. The Bertz CT molecular complexity index is 637. The van der Waals surface area contributed by atoms with Crippen molar-refractivity contribution in [2.45, 2.75) is 0 Å². The zero-order valence-corrected chi connectivity index (χ0v) is 10.1. The van der Waals surface area contributed by atoms with E-state index < -0.39 is 5.82 Å². The van der Waals surface area contributed by atoms with Crippen LogP contribution in [0.3, 0.4) is 0 Å². The summed E-state index contributed by atoms with van der Waals surface area (Å²) in [5.74, 6) is 0.886. The number of fused-ring (bicyclic) bond motifs is 1. The van der Waals surface area contributed by atoms with Gasteiger partial charge in [-0.2, -0.15) is 0 Å². The highest BCUT2D eigenvalue weighted by Crippen LogP contribution is 2.34. The van der Waals surface area contributed by atoms with Crippen molar-refractivity contribution in [2.75, 3.05) is 13.2 Å². The molecular weight excluding hydrogens is 247 g/mol. The molecule has 0 saturated carbocycles. The maximum atomic E-state index is 13.4. The summed E-state index contributed by atoms with van der Waals surface area (Å²) in [5.41, 5.74) is 1.73. The molecule has 2 aromatic rings. The highest BCUT2D eigenvalue weighted by atomic mass is 19.1. The predicted molar refractivity (Wildman–Crippen MR) is 68.2 cm³/mol. The van der Waals surface area contributed by atoms with Crippen LogP contribution in [0.1, 0.15) is 10.4 Å². The molecular formula is C15H11FO3. The van der Waals surface area contributed by atoms with Crippen molar-refractivity contribution in [1.29, 1.82) is 0 Å². The second-order valence-electron chi connectivity index (χ2n) is 4.25. The second-order valence-corrected chi connectivity index (χ2v) is 4.25. The lowest BCUT2D eigenvalue weighted by Gasteiger charge is -2.19. The monoisotopic (exact) mass is 258 g/mol. The molecule has 0 saturated heterocycles. The molecule has 19 heavy (non-hydrogen) atoms. The average Bonchev–Trinajstić information content (AvgIpc) is 2.46. The Balaban J connectivity index is 2.06. The zero-order valence-electron chi connectivity index (χ0n) is 10.1. The lowest BCUT2D eigenvalue weighted by molar-refractivity contribution is 0.112. The molecule has 1 aliphatic rings. The average molecular weight is 258 g/mol. The van der Waals surface area contributed by atoms with Gasteiger partial charge in [0.2, 0.25) is 0 Å². The Kier molecular flexibility index (Phi) is 2.91. The van der Waals surface area contributed by atoms with E-state index in [1.54, 1.807) is 18.2 Å². The van der Waals surface area contributed by atoms with Crippen molar-refractivity contribution in [3.63, 3.8) is 0 Å². The number of hydrogen-bond donors (Lipinski definition) is 0. The van der Waals surface area contributed by atoms with Crippen LogP contribution in [0.2, 0.25) is 0 Å². The minimum Gasteiger partial charge on any atom is -0.486 e. The highest BCUT2D eigenvalue weighted by Gasteiger charge is 2.13. The van der Waals surface area contributed by atoms with Gasteiger partial charge < -0.3 is 9.47 Å². The van der Waals surface area contributed by atoms with E-state index in [1.807, 2.05) is 6.07 Å². The Hall–Kier alpha value is -2.36. The summed E-state index contributed by atoms with van der Waals surface area (Å²) in [7, 11) is 0. The number of carbonyl (C=O) groups is 1. The van der Waals surface area contributed by atoms with Crippen LogP contribution < -0.4 is 9.47 Å². The summed E-state index contributed by atoms with van der Waals surface area (Å²) in [6, 6.07) is 9.62. The summed E-state index contributed by atoms with van der Waals surface area (Å²) < 4.78 is 24.3. The standard InChI is InChI=1S/C15H11FO3/c16-13-6-10(9-17)5-12(7-13)11-1-2-14-15(8-11)19-4-3-18-14/h1-2,5-9H,3-4H2. The van der Waals surface area contributed by atoms with Gasteiger partial charge in [-0.25, -0.2) is 4.39 Å². The molecule has 0 atom stereocenters. The summed E-state index contributed by atoms with van der Waals surface area (Å²) >= 11 is 0. The van der Waals surface area contributed by atoms with Crippen LogP contribution in [-0.4, -0.2) is 19.5 Å². The molecule has 0 fully saturated rings. The normalized spacial score (nSPS) is 13.1. The van der Waals surface area contributed by atoms with Gasteiger partial charge in [-0.15, -0.1) is 0 Å². The molecule has 0 N–H and O–H groups in total. The number of halogens is 1. The van der Waals surface area contributed by atoms with Crippen LogP contribution >= 0.6 is 0 Å². The van der Waals surface area contributed by atoms with Gasteiger partial charge in [-0.05, 0) is 41.5 Å². The van der Waals surface area contributed by atoms with E-state index in [-0.39, 0.29) is 0 Å². The first-order valence-corrected chi connectivity index (χ1v) is 5.92. The first-order chi connectivity index (χ1) is 9.26. The third-order valence-corrected chi connectivity index (χ3v) is 2.93. The first kappa shape index (κ1) is 11.7. The molecule has 0 unspecified atom stereocenters. The van der Waals surface area contributed by atoms with Crippen molar-refractivity contribution in [3.05, 3.63) is 47.8 Å². The third-order valence-electron chi connectivity index (χ3n) is 2.93. The molecule has 0 aromatic heterocycles. The third kappa shape index (κ3) is 2.29. The molecule has 0 amide bonds. The van der Waals surface area contributed by atoms with Crippen LogP contribution in [0.5, 0.6) is 11.5 Å². The van der Waals surface area contributed by atoms with Crippen molar-refractivity contribution in [1.82, 2.24) is 0 Å². The summed E-state index contributed by atoms with van der Waals surface area (Å²) in [6.07, 6.45) is 0.630. The van der Waals surface area contributed by atoms with Gasteiger partial charge in [-0.3, -0.25) is 4.79 Å². The number of hydrogen-bond acceptors (Lipinski definition) is 3. The molecule has 1 heterocycles. The van der Waals surface area contributed by atoms with Crippen molar-refractivity contribution < 1.29 is 18.7 Å². The zero-order chi connectivity index (χ0) is 13.2. The van der Waals surface area contributed by atoms with Crippen LogP contribution in [0.15, 0.2) is 36.4 Å². The molecule has 0 bridgehead atoms. The number of rotatable bonds is 2. The Morgan fingerprint density at radius 1 is 0.947 bits per heavy atom. The Morgan fingerprint density at radius 3 is 2.53 bits per heavy atom. The van der Waals surface area contributed by atoms with Crippen molar-refractivity contribution in [3.8, 4) is 22.6 Å². The van der Waals surface area contributed by atoms with E-state index >= 15 is 0 Å².